The lowest BCUT2D eigenvalue weighted by Crippen LogP contribution is -2.41. The Kier molecular flexibility index (Phi) is 5.33. The second-order valence-corrected chi connectivity index (χ2v) is 6.68. The van der Waals surface area contributed by atoms with Gasteiger partial charge in [-0.1, -0.05) is 13.8 Å². The average Bonchev–Trinajstić information content (AvgIpc) is 2.54. The molecule has 7 nitrogen and oxygen atoms in total. The molecule has 3 N–H and O–H groups in total. The van der Waals surface area contributed by atoms with Gasteiger partial charge in [-0.3, -0.25) is 14.5 Å². The van der Waals surface area contributed by atoms with Crippen molar-refractivity contribution >= 4 is 17.8 Å². The largest absolute Gasteiger partial charge is 0.396 e. The highest BCUT2D eigenvalue weighted by Gasteiger charge is 2.43. The molecule has 0 aromatic carbocycles. The van der Waals surface area contributed by atoms with Crippen molar-refractivity contribution in [3.8, 4) is 0 Å². The molecule has 1 rings (SSSR count). The highest BCUT2D eigenvalue weighted by molar-refractivity contribution is 6.06. The molecule has 1 aliphatic heterocycles. The summed E-state index contributed by atoms with van der Waals surface area (Å²) in [5.41, 5.74) is -1.09. The summed E-state index contributed by atoms with van der Waals surface area (Å²) in [6, 6.07) is -0.460. The summed E-state index contributed by atoms with van der Waals surface area (Å²) in [6.07, 6.45) is 0.666. The molecule has 1 saturated heterocycles. The minimum absolute atomic E-state index is 0.0698. The number of hydrogen-bond acceptors (Lipinski definition) is 4. The molecule has 1 fully saturated rings. The SMILES string of the molecule is CC(C)(CCO)CNC(=O)CCN1C(=O)NC(C)(C)C1=O. The Morgan fingerprint density at radius 2 is 2.00 bits per heavy atom. The number of aliphatic hydroxyl groups excluding tert-OH is 1. The normalized spacial score (nSPS) is 17.9. The van der Waals surface area contributed by atoms with Crippen LogP contribution in [-0.2, 0) is 9.59 Å². The van der Waals surface area contributed by atoms with Crippen molar-refractivity contribution < 1.29 is 19.5 Å². The van der Waals surface area contributed by atoms with Crippen LogP contribution in [-0.4, -0.2) is 53.1 Å². The van der Waals surface area contributed by atoms with Gasteiger partial charge in [0.1, 0.15) is 5.54 Å². The number of rotatable bonds is 7. The van der Waals surface area contributed by atoms with Crippen LogP contribution in [0.2, 0.25) is 0 Å². The van der Waals surface area contributed by atoms with E-state index < -0.39 is 11.6 Å². The standard InChI is InChI=1S/C14H25N3O4/c1-13(2,6-8-18)9-15-10(19)5-7-17-11(20)14(3,4)16-12(17)21/h18H,5-9H2,1-4H3,(H,15,19)(H,16,21). The smallest absolute Gasteiger partial charge is 0.325 e. The number of nitrogens with zero attached hydrogens (tertiary/aromatic N) is 1. The first-order valence-electron chi connectivity index (χ1n) is 7.11. The molecule has 0 radical (unpaired) electrons. The number of carbonyl (C=O) groups excluding carboxylic acids is 3. The van der Waals surface area contributed by atoms with E-state index in [4.69, 9.17) is 5.11 Å². The Morgan fingerprint density at radius 3 is 2.48 bits per heavy atom. The third kappa shape index (κ3) is 4.70. The van der Waals surface area contributed by atoms with Crippen molar-refractivity contribution in [3.63, 3.8) is 0 Å². The van der Waals surface area contributed by atoms with Gasteiger partial charge < -0.3 is 15.7 Å². The fraction of sp³-hybridized carbons (Fsp3) is 0.786. The average molecular weight is 299 g/mol. The van der Waals surface area contributed by atoms with E-state index >= 15 is 0 Å². The van der Waals surface area contributed by atoms with Crippen molar-refractivity contribution in [2.24, 2.45) is 5.41 Å². The van der Waals surface area contributed by atoms with E-state index in [1.807, 2.05) is 13.8 Å². The maximum absolute atomic E-state index is 11.9. The van der Waals surface area contributed by atoms with Crippen LogP contribution in [0.25, 0.3) is 0 Å². The number of amides is 4. The summed E-state index contributed by atoms with van der Waals surface area (Å²) < 4.78 is 0. The molecule has 0 atom stereocenters. The lowest BCUT2D eigenvalue weighted by atomic mass is 9.90. The molecule has 0 bridgehead atoms. The number of aliphatic hydroxyl groups is 1. The summed E-state index contributed by atoms with van der Waals surface area (Å²) in [5, 5.41) is 14.3. The van der Waals surface area contributed by atoms with E-state index in [-0.39, 0.29) is 36.8 Å². The van der Waals surface area contributed by atoms with Gasteiger partial charge in [0.2, 0.25) is 5.91 Å². The van der Waals surface area contributed by atoms with Crippen molar-refractivity contribution in [1.29, 1.82) is 0 Å². The van der Waals surface area contributed by atoms with E-state index in [0.717, 1.165) is 4.90 Å². The molecule has 0 saturated carbocycles. The Morgan fingerprint density at radius 1 is 1.38 bits per heavy atom. The number of urea groups is 1. The maximum atomic E-state index is 11.9. The van der Waals surface area contributed by atoms with Gasteiger partial charge in [0.25, 0.3) is 5.91 Å². The molecule has 0 unspecified atom stereocenters. The minimum atomic E-state index is -0.906. The Hall–Kier alpha value is -1.63. The van der Waals surface area contributed by atoms with Crippen LogP contribution in [0.3, 0.4) is 0 Å². The van der Waals surface area contributed by atoms with Crippen LogP contribution in [0.15, 0.2) is 0 Å². The van der Waals surface area contributed by atoms with E-state index in [1.165, 1.54) is 0 Å². The van der Waals surface area contributed by atoms with Crippen LogP contribution >= 0.6 is 0 Å². The third-order valence-corrected chi connectivity index (χ3v) is 3.56. The lowest BCUT2D eigenvalue weighted by molar-refractivity contribution is -0.130. The first-order valence-corrected chi connectivity index (χ1v) is 7.11. The van der Waals surface area contributed by atoms with Gasteiger partial charge in [0, 0.05) is 26.1 Å². The molecule has 120 valence electrons. The Bertz CT molecular complexity index is 432. The minimum Gasteiger partial charge on any atom is -0.396 e. The second-order valence-electron chi connectivity index (χ2n) is 6.68. The molecule has 4 amide bonds. The molecule has 7 heteroatoms. The van der Waals surface area contributed by atoms with Crippen LogP contribution in [0, 0.1) is 5.41 Å². The summed E-state index contributed by atoms with van der Waals surface area (Å²) in [5.74, 6) is -0.535. The van der Waals surface area contributed by atoms with Crippen LogP contribution < -0.4 is 10.6 Å². The highest BCUT2D eigenvalue weighted by atomic mass is 16.3. The predicted octanol–water partition coefficient (Wildman–Crippen LogP) is 0.232. The molecule has 0 spiro atoms. The first kappa shape index (κ1) is 17.4. The van der Waals surface area contributed by atoms with Gasteiger partial charge in [-0.25, -0.2) is 4.79 Å². The fourth-order valence-electron chi connectivity index (χ4n) is 2.05. The maximum Gasteiger partial charge on any atom is 0.325 e. The van der Waals surface area contributed by atoms with Gasteiger partial charge in [-0.05, 0) is 25.7 Å². The van der Waals surface area contributed by atoms with Crippen molar-refractivity contribution in [2.75, 3.05) is 19.7 Å². The van der Waals surface area contributed by atoms with Crippen LogP contribution in [0.5, 0.6) is 0 Å². The lowest BCUT2D eigenvalue weighted by Gasteiger charge is -2.24. The van der Waals surface area contributed by atoms with Gasteiger partial charge in [-0.2, -0.15) is 0 Å². The Balaban J connectivity index is 2.41. The topological polar surface area (TPSA) is 98.7 Å². The quantitative estimate of drug-likeness (QED) is 0.586. The molecule has 0 aromatic heterocycles. The zero-order chi connectivity index (χ0) is 16.3. The van der Waals surface area contributed by atoms with Crippen LogP contribution in [0.4, 0.5) is 4.79 Å². The van der Waals surface area contributed by atoms with E-state index in [0.29, 0.717) is 13.0 Å². The van der Waals surface area contributed by atoms with Crippen molar-refractivity contribution in [1.82, 2.24) is 15.5 Å². The number of imide groups is 1. The highest BCUT2D eigenvalue weighted by Crippen LogP contribution is 2.18. The number of carbonyl (C=O) groups is 3. The third-order valence-electron chi connectivity index (χ3n) is 3.56. The second kappa shape index (κ2) is 6.43. The predicted molar refractivity (Wildman–Crippen MR) is 77.4 cm³/mol. The summed E-state index contributed by atoms with van der Waals surface area (Å²) in [7, 11) is 0. The van der Waals surface area contributed by atoms with Gasteiger partial charge in [0.15, 0.2) is 0 Å². The molecule has 0 aliphatic carbocycles. The summed E-state index contributed by atoms with van der Waals surface area (Å²) in [4.78, 5) is 36.4. The summed E-state index contributed by atoms with van der Waals surface area (Å²) in [6.45, 7) is 7.74. The fourth-order valence-corrected chi connectivity index (χ4v) is 2.05. The van der Waals surface area contributed by atoms with Crippen LogP contribution in [0.1, 0.15) is 40.5 Å². The molecule has 21 heavy (non-hydrogen) atoms. The molecular weight excluding hydrogens is 274 g/mol. The summed E-state index contributed by atoms with van der Waals surface area (Å²) >= 11 is 0. The van der Waals surface area contributed by atoms with Crippen molar-refractivity contribution in [2.45, 2.75) is 46.1 Å². The van der Waals surface area contributed by atoms with E-state index in [2.05, 4.69) is 10.6 Å². The molecule has 1 aliphatic rings. The zero-order valence-electron chi connectivity index (χ0n) is 13.2. The zero-order valence-corrected chi connectivity index (χ0v) is 13.2. The molecule has 0 aromatic rings. The monoisotopic (exact) mass is 299 g/mol. The number of hydrogen-bond donors (Lipinski definition) is 3. The van der Waals surface area contributed by atoms with Gasteiger partial charge >= 0.3 is 6.03 Å². The van der Waals surface area contributed by atoms with E-state index in [1.54, 1.807) is 13.8 Å². The molecule has 1 heterocycles. The van der Waals surface area contributed by atoms with Crippen molar-refractivity contribution in [3.05, 3.63) is 0 Å². The van der Waals surface area contributed by atoms with E-state index in [9.17, 15) is 14.4 Å². The number of nitrogens with one attached hydrogen (secondary N) is 2. The molecular formula is C14H25N3O4. The van der Waals surface area contributed by atoms with Gasteiger partial charge in [0.05, 0.1) is 0 Å². The van der Waals surface area contributed by atoms with Gasteiger partial charge in [-0.15, -0.1) is 0 Å². The first-order chi connectivity index (χ1) is 9.59. The Labute approximate surface area is 125 Å².